The van der Waals surface area contributed by atoms with Crippen molar-refractivity contribution >= 4 is 0 Å². The van der Waals surface area contributed by atoms with Crippen molar-refractivity contribution in [1.82, 2.24) is 4.90 Å². The summed E-state index contributed by atoms with van der Waals surface area (Å²) < 4.78 is 0. The van der Waals surface area contributed by atoms with Gasteiger partial charge in [-0.25, -0.2) is 0 Å². The molecule has 0 amide bonds. The van der Waals surface area contributed by atoms with Crippen LogP contribution in [0.4, 0.5) is 0 Å². The Bertz CT molecular complexity index is 162. The summed E-state index contributed by atoms with van der Waals surface area (Å²) in [5.74, 6) is 0. The fourth-order valence-corrected chi connectivity index (χ4v) is 2.99. The Balaban J connectivity index is 1.85. The van der Waals surface area contributed by atoms with Gasteiger partial charge in [-0.3, -0.25) is 4.90 Å². The van der Waals surface area contributed by atoms with Crippen LogP contribution in [0.2, 0.25) is 0 Å². The van der Waals surface area contributed by atoms with Gasteiger partial charge in [-0.15, -0.1) is 0 Å². The van der Waals surface area contributed by atoms with E-state index < -0.39 is 0 Å². The summed E-state index contributed by atoms with van der Waals surface area (Å²) in [6, 6.07) is 1.32. The fourth-order valence-electron chi connectivity index (χ4n) is 2.99. The summed E-state index contributed by atoms with van der Waals surface area (Å²) in [6.45, 7) is 2.46. The highest BCUT2D eigenvalue weighted by atomic mass is 15.2. The minimum Gasteiger partial charge on any atom is -0.327 e. The second-order valence-corrected chi connectivity index (χ2v) is 5.04. The van der Waals surface area contributed by atoms with Gasteiger partial charge < -0.3 is 5.73 Å². The van der Waals surface area contributed by atoms with Crippen LogP contribution >= 0.6 is 0 Å². The molecule has 0 aromatic rings. The highest BCUT2D eigenvalue weighted by Crippen LogP contribution is 2.24. The molecule has 0 spiro atoms. The molecule has 0 bridgehead atoms. The molecule has 0 aromatic heterocycles. The minimum absolute atomic E-state index is 0.451. The van der Waals surface area contributed by atoms with Crippen molar-refractivity contribution in [1.29, 1.82) is 0 Å². The molecular formula is C12H24N2. The molecule has 1 saturated heterocycles. The van der Waals surface area contributed by atoms with Gasteiger partial charge in [-0.1, -0.05) is 25.7 Å². The summed E-state index contributed by atoms with van der Waals surface area (Å²) in [5, 5.41) is 0. The monoisotopic (exact) mass is 196 g/mol. The zero-order valence-corrected chi connectivity index (χ0v) is 9.25. The maximum absolute atomic E-state index is 6.03. The van der Waals surface area contributed by atoms with Crippen molar-refractivity contribution in [2.75, 3.05) is 13.1 Å². The number of hydrogen-bond donors (Lipinski definition) is 1. The molecule has 2 N–H and O–H groups in total. The Morgan fingerprint density at radius 1 is 0.857 bits per heavy atom. The summed E-state index contributed by atoms with van der Waals surface area (Å²) in [7, 11) is 0. The van der Waals surface area contributed by atoms with Crippen LogP contribution in [0.15, 0.2) is 0 Å². The van der Waals surface area contributed by atoms with Crippen LogP contribution in [0.3, 0.4) is 0 Å². The summed E-state index contributed by atoms with van der Waals surface area (Å²) in [6.07, 6.45) is 11.2. The van der Waals surface area contributed by atoms with Crippen molar-refractivity contribution in [2.45, 2.75) is 63.5 Å². The first-order chi connectivity index (χ1) is 6.86. The molecule has 2 aliphatic rings. The van der Waals surface area contributed by atoms with Crippen molar-refractivity contribution in [3.05, 3.63) is 0 Å². The van der Waals surface area contributed by atoms with E-state index in [9.17, 15) is 0 Å². The largest absolute Gasteiger partial charge is 0.327 e. The van der Waals surface area contributed by atoms with E-state index in [-0.39, 0.29) is 0 Å². The van der Waals surface area contributed by atoms with Crippen molar-refractivity contribution in [2.24, 2.45) is 5.73 Å². The molecule has 82 valence electrons. The lowest BCUT2D eigenvalue weighted by atomic mass is 10.0. The van der Waals surface area contributed by atoms with Gasteiger partial charge in [0.05, 0.1) is 0 Å². The lowest BCUT2D eigenvalue weighted by Gasteiger charge is -2.36. The van der Waals surface area contributed by atoms with Crippen molar-refractivity contribution < 1.29 is 0 Å². The molecule has 1 aliphatic heterocycles. The fraction of sp³-hybridized carbons (Fsp3) is 1.00. The molecule has 0 unspecified atom stereocenters. The van der Waals surface area contributed by atoms with E-state index in [2.05, 4.69) is 4.90 Å². The highest BCUT2D eigenvalue weighted by molar-refractivity contribution is 4.81. The average molecular weight is 196 g/mol. The third-order valence-electron chi connectivity index (χ3n) is 3.83. The van der Waals surface area contributed by atoms with E-state index in [1.165, 1.54) is 57.9 Å². The molecule has 2 fully saturated rings. The SMILES string of the molecule is N[C@H]1CCCN(C2CCCCCC2)C1. The number of rotatable bonds is 1. The highest BCUT2D eigenvalue weighted by Gasteiger charge is 2.24. The van der Waals surface area contributed by atoms with Crippen LogP contribution in [-0.2, 0) is 0 Å². The van der Waals surface area contributed by atoms with Gasteiger partial charge in [-0.05, 0) is 32.2 Å². The predicted molar refractivity (Wildman–Crippen MR) is 60.3 cm³/mol. The smallest absolute Gasteiger partial charge is 0.0168 e. The third kappa shape index (κ3) is 2.71. The number of piperidine rings is 1. The normalized spacial score (nSPS) is 32.8. The van der Waals surface area contributed by atoms with Gasteiger partial charge in [0, 0.05) is 18.6 Å². The van der Waals surface area contributed by atoms with Crippen LogP contribution in [0.5, 0.6) is 0 Å². The maximum Gasteiger partial charge on any atom is 0.0168 e. The Kier molecular flexibility index (Phi) is 3.82. The van der Waals surface area contributed by atoms with Crippen LogP contribution in [-0.4, -0.2) is 30.1 Å². The Morgan fingerprint density at radius 3 is 2.21 bits per heavy atom. The van der Waals surface area contributed by atoms with Gasteiger partial charge in [0.15, 0.2) is 0 Å². The van der Waals surface area contributed by atoms with Gasteiger partial charge >= 0.3 is 0 Å². The van der Waals surface area contributed by atoms with Gasteiger partial charge in [-0.2, -0.15) is 0 Å². The summed E-state index contributed by atoms with van der Waals surface area (Å²) in [4.78, 5) is 2.67. The van der Waals surface area contributed by atoms with Crippen molar-refractivity contribution in [3.63, 3.8) is 0 Å². The van der Waals surface area contributed by atoms with Gasteiger partial charge in [0.25, 0.3) is 0 Å². The first-order valence-corrected chi connectivity index (χ1v) is 6.36. The van der Waals surface area contributed by atoms with E-state index in [4.69, 9.17) is 5.73 Å². The zero-order valence-electron chi connectivity index (χ0n) is 9.25. The molecule has 1 heterocycles. The molecule has 14 heavy (non-hydrogen) atoms. The topological polar surface area (TPSA) is 29.3 Å². The van der Waals surface area contributed by atoms with Crippen molar-refractivity contribution in [3.8, 4) is 0 Å². The second kappa shape index (κ2) is 5.13. The summed E-state index contributed by atoms with van der Waals surface area (Å²) in [5.41, 5.74) is 6.03. The molecule has 0 radical (unpaired) electrons. The molecule has 2 nitrogen and oxygen atoms in total. The van der Waals surface area contributed by atoms with Crippen LogP contribution < -0.4 is 5.73 Å². The average Bonchev–Trinajstić information content (AvgIpc) is 2.45. The van der Waals surface area contributed by atoms with E-state index in [1.54, 1.807) is 0 Å². The van der Waals surface area contributed by atoms with E-state index in [1.807, 2.05) is 0 Å². The number of nitrogens with zero attached hydrogens (tertiary/aromatic N) is 1. The minimum atomic E-state index is 0.451. The predicted octanol–water partition coefficient (Wildman–Crippen LogP) is 2.13. The second-order valence-electron chi connectivity index (χ2n) is 5.04. The number of likely N-dealkylation sites (tertiary alicyclic amines) is 1. The Morgan fingerprint density at radius 2 is 1.57 bits per heavy atom. The van der Waals surface area contributed by atoms with Crippen LogP contribution in [0, 0.1) is 0 Å². The van der Waals surface area contributed by atoms with Gasteiger partial charge in [0.1, 0.15) is 0 Å². The number of hydrogen-bond acceptors (Lipinski definition) is 2. The van der Waals surface area contributed by atoms with Crippen LogP contribution in [0.25, 0.3) is 0 Å². The zero-order chi connectivity index (χ0) is 9.80. The third-order valence-corrected chi connectivity index (χ3v) is 3.83. The lowest BCUT2D eigenvalue weighted by Crippen LogP contribution is -2.47. The molecule has 1 atom stereocenters. The van der Waals surface area contributed by atoms with Crippen LogP contribution in [0.1, 0.15) is 51.4 Å². The standard InChI is InChI=1S/C12H24N2/c13-11-6-5-9-14(10-11)12-7-3-1-2-4-8-12/h11-12H,1-10,13H2/t11-/m0/s1. The first-order valence-electron chi connectivity index (χ1n) is 6.36. The molecule has 1 saturated carbocycles. The first kappa shape index (κ1) is 10.4. The molecule has 2 heteroatoms. The van der Waals surface area contributed by atoms with E-state index in [0.717, 1.165) is 12.6 Å². The Hall–Kier alpha value is -0.0800. The quantitative estimate of drug-likeness (QED) is 0.651. The molecule has 0 aromatic carbocycles. The molecule has 2 rings (SSSR count). The Labute approximate surface area is 87.8 Å². The molecular weight excluding hydrogens is 172 g/mol. The van der Waals surface area contributed by atoms with E-state index in [0.29, 0.717) is 6.04 Å². The maximum atomic E-state index is 6.03. The van der Waals surface area contributed by atoms with Gasteiger partial charge in [0.2, 0.25) is 0 Å². The van der Waals surface area contributed by atoms with E-state index >= 15 is 0 Å². The summed E-state index contributed by atoms with van der Waals surface area (Å²) >= 11 is 0. The lowest BCUT2D eigenvalue weighted by molar-refractivity contribution is 0.136. The number of nitrogens with two attached hydrogens (primary N) is 1. The molecule has 1 aliphatic carbocycles.